The van der Waals surface area contributed by atoms with Crippen LogP contribution in [0.5, 0.6) is 0 Å². The van der Waals surface area contributed by atoms with Gasteiger partial charge in [-0.25, -0.2) is 0 Å². The lowest BCUT2D eigenvalue weighted by Gasteiger charge is -2.24. The van der Waals surface area contributed by atoms with Crippen molar-refractivity contribution in [2.75, 3.05) is 12.0 Å². The van der Waals surface area contributed by atoms with Gasteiger partial charge in [0, 0.05) is 0 Å². The summed E-state index contributed by atoms with van der Waals surface area (Å²) >= 11 is 1.50. The number of hydrogen-bond donors (Lipinski definition) is 1. The molecule has 0 saturated heterocycles. The quantitative estimate of drug-likeness (QED) is 0.580. The molecule has 1 amide bonds. The molecule has 1 N–H and O–H groups in total. The lowest BCUT2D eigenvalue weighted by Crippen LogP contribution is -2.46. The van der Waals surface area contributed by atoms with Crippen LogP contribution in [-0.2, 0) is 9.59 Å². The molecule has 0 fully saturated rings. The van der Waals surface area contributed by atoms with E-state index in [1.54, 1.807) is 54.6 Å². The van der Waals surface area contributed by atoms with Crippen LogP contribution in [0.3, 0.4) is 0 Å². The number of carbonyl (C=O) groups excluding carboxylic acids is 2. The highest BCUT2D eigenvalue weighted by molar-refractivity contribution is 7.98. The molecule has 2 aromatic carbocycles. The van der Waals surface area contributed by atoms with Crippen LogP contribution in [0.2, 0.25) is 0 Å². The first-order valence-corrected chi connectivity index (χ1v) is 10.3. The summed E-state index contributed by atoms with van der Waals surface area (Å²) in [5.74, 6) is -1.51. The van der Waals surface area contributed by atoms with Gasteiger partial charge in [0.05, 0.1) is 17.4 Å². The second-order valence-electron chi connectivity index (χ2n) is 6.32. The molecule has 0 radical (unpaired) electrons. The van der Waals surface area contributed by atoms with Gasteiger partial charge >= 0.3 is 0 Å². The van der Waals surface area contributed by atoms with Crippen molar-refractivity contribution >= 4 is 34.5 Å². The molecule has 29 heavy (non-hydrogen) atoms. The Balaban J connectivity index is 1.96. The lowest BCUT2D eigenvalue weighted by molar-refractivity contribution is -0.308. The van der Waals surface area contributed by atoms with Crippen LogP contribution in [-0.4, -0.2) is 38.9 Å². The van der Waals surface area contributed by atoms with E-state index in [2.05, 4.69) is 15.6 Å². The largest absolute Gasteiger partial charge is 0.548 e. The Morgan fingerprint density at radius 2 is 1.83 bits per heavy atom. The first-order chi connectivity index (χ1) is 14.0. The molecule has 8 nitrogen and oxygen atoms in total. The number of aliphatic carboxylic acids is 1. The van der Waals surface area contributed by atoms with Crippen LogP contribution in [0.4, 0.5) is 0 Å². The summed E-state index contributed by atoms with van der Waals surface area (Å²) in [6.07, 6.45) is 2.16. The highest BCUT2D eigenvalue weighted by atomic mass is 32.2. The topological polar surface area (TPSA) is 117 Å². The summed E-state index contributed by atoms with van der Waals surface area (Å²) in [6.45, 7) is 0. The number of fused-ring (bicyclic) bond motifs is 1. The number of hydrogen-bond acceptors (Lipinski definition) is 7. The molecule has 150 valence electrons. The Bertz CT molecular complexity index is 1070. The van der Waals surface area contributed by atoms with Gasteiger partial charge in [-0.2, -0.15) is 16.4 Å². The zero-order valence-electron chi connectivity index (χ0n) is 15.6. The van der Waals surface area contributed by atoms with Crippen molar-refractivity contribution in [1.82, 2.24) is 20.3 Å². The average molecular weight is 411 g/mol. The number of thioether (sulfide) groups is 1. The van der Waals surface area contributed by atoms with E-state index in [0.29, 0.717) is 22.2 Å². The van der Waals surface area contributed by atoms with Gasteiger partial charge < -0.3 is 15.2 Å². The van der Waals surface area contributed by atoms with Crippen LogP contribution in [0.25, 0.3) is 10.9 Å². The lowest BCUT2D eigenvalue weighted by atomic mass is 10.1. The number of carbonyl (C=O) groups is 2. The van der Waals surface area contributed by atoms with Gasteiger partial charge in [-0.3, -0.25) is 9.59 Å². The minimum Gasteiger partial charge on any atom is -0.548 e. The Hall–Kier alpha value is -3.20. The van der Waals surface area contributed by atoms with Crippen molar-refractivity contribution in [2.45, 2.75) is 18.5 Å². The minimum atomic E-state index is -1.44. The maximum Gasteiger partial charge on any atom is 0.278 e. The van der Waals surface area contributed by atoms with Crippen molar-refractivity contribution in [3.8, 4) is 0 Å². The van der Waals surface area contributed by atoms with E-state index in [-0.39, 0.29) is 6.42 Å². The molecule has 0 spiro atoms. The molecule has 3 aromatic rings. The van der Waals surface area contributed by atoms with Crippen molar-refractivity contribution in [3.05, 3.63) is 70.5 Å². The Morgan fingerprint density at radius 3 is 2.52 bits per heavy atom. The number of aromatic nitrogens is 3. The van der Waals surface area contributed by atoms with Crippen molar-refractivity contribution in [1.29, 1.82) is 0 Å². The number of carboxylic acids is 1. The summed E-state index contributed by atoms with van der Waals surface area (Å²) in [5, 5.41) is 22.4. The minimum absolute atomic E-state index is 0.286. The Kier molecular flexibility index (Phi) is 6.61. The number of benzene rings is 2. The normalized spacial score (nSPS) is 13.0. The number of amides is 1. The predicted octanol–water partition coefficient (Wildman–Crippen LogP) is 0.693. The maximum atomic E-state index is 13.0. The predicted molar refractivity (Wildman–Crippen MR) is 108 cm³/mol. The van der Waals surface area contributed by atoms with E-state index in [1.807, 2.05) is 6.26 Å². The monoisotopic (exact) mass is 411 g/mol. The third kappa shape index (κ3) is 4.62. The molecule has 2 atom stereocenters. The molecule has 3 rings (SSSR count). The van der Waals surface area contributed by atoms with Crippen LogP contribution < -0.4 is 16.0 Å². The summed E-state index contributed by atoms with van der Waals surface area (Å²) in [7, 11) is 0. The number of nitrogens with zero attached hydrogens (tertiary/aromatic N) is 3. The van der Waals surface area contributed by atoms with E-state index < -0.39 is 29.5 Å². The van der Waals surface area contributed by atoms with Gasteiger partial charge in [-0.15, -0.1) is 5.10 Å². The maximum absolute atomic E-state index is 13.0. The van der Waals surface area contributed by atoms with Crippen LogP contribution >= 0.6 is 11.8 Å². The highest BCUT2D eigenvalue weighted by Gasteiger charge is 2.27. The van der Waals surface area contributed by atoms with E-state index in [0.717, 1.165) is 4.68 Å². The second kappa shape index (κ2) is 9.33. The smallest absolute Gasteiger partial charge is 0.278 e. The molecule has 9 heteroatoms. The summed E-state index contributed by atoms with van der Waals surface area (Å²) in [6, 6.07) is 12.6. The van der Waals surface area contributed by atoms with Crippen molar-refractivity contribution in [2.24, 2.45) is 0 Å². The standard InChI is InChI=1S/C20H20N4O4S/c1-29-12-11-16(24-19(26)14-9-5-6-10-15(14)22-23-24)18(25)21-17(20(27)28)13-7-3-2-4-8-13/h2-10,16-17H,11-12H2,1H3,(H,21,25)(H,27,28)/p-1/t16-,17-/m0/s1. The molecular weight excluding hydrogens is 392 g/mol. The summed E-state index contributed by atoms with van der Waals surface area (Å²) in [4.78, 5) is 37.5. The zero-order chi connectivity index (χ0) is 20.8. The highest BCUT2D eigenvalue weighted by Crippen LogP contribution is 2.17. The second-order valence-corrected chi connectivity index (χ2v) is 7.31. The third-order valence-corrected chi connectivity index (χ3v) is 5.08. The van der Waals surface area contributed by atoms with Crippen LogP contribution in [0.1, 0.15) is 24.1 Å². The number of carboxylic acid groups (broad SMARTS) is 1. The molecule has 0 saturated carbocycles. The molecule has 0 aliphatic rings. The average Bonchev–Trinajstić information content (AvgIpc) is 2.74. The molecule has 1 heterocycles. The van der Waals surface area contributed by atoms with E-state index in [1.165, 1.54) is 11.8 Å². The van der Waals surface area contributed by atoms with Gasteiger partial charge in [-0.1, -0.05) is 47.7 Å². The molecule has 0 bridgehead atoms. The molecule has 1 aromatic heterocycles. The summed E-state index contributed by atoms with van der Waals surface area (Å²) in [5.41, 5.74) is 0.345. The summed E-state index contributed by atoms with van der Waals surface area (Å²) < 4.78 is 1.02. The number of nitrogens with one attached hydrogen (secondary N) is 1. The van der Waals surface area contributed by atoms with Gasteiger partial charge in [0.2, 0.25) is 5.91 Å². The SMILES string of the molecule is CSCC[C@@H](C(=O)N[C@H](C(=O)[O-])c1ccccc1)n1nnc2ccccc2c1=O. The van der Waals surface area contributed by atoms with E-state index in [9.17, 15) is 19.5 Å². The van der Waals surface area contributed by atoms with Gasteiger partial charge in [0.15, 0.2) is 0 Å². The molecular formula is C20H19N4O4S-. The van der Waals surface area contributed by atoms with Gasteiger partial charge in [0.25, 0.3) is 5.56 Å². The Morgan fingerprint density at radius 1 is 1.14 bits per heavy atom. The Labute approximate surface area is 170 Å². The molecule has 0 unspecified atom stereocenters. The zero-order valence-corrected chi connectivity index (χ0v) is 16.5. The first kappa shape index (κ1) is 20.5. The van der Waals surface area contributed by atoms with Gasteiger partial charge in [0.1, 0.15) is 11.6 Å². The first-order valence-electron chi connectivity index (χ1n) is 8.92. The third-order valence-electron chi connectivity index (χ3n) is 4.44. The van der Waals surface area contributed by atoms with E-state index >= 15 is 0 Å². The van der Waals surface area contributed by atoms with Crippen LogP contribution in [0.15, 0.2) is 59.4 Å². The fraction of sp³-hybridized carbons (Fsp3) is 0.250. The fourth-order valence-electron chi connectivity index (χ4n) is 2.96. The fourth-order valence-corrected chi connectivity index (χ4v) is 3.42. The molecule has 0 aliphatic carbocycles. The number of rotatable bonds is 8. The van der Waals surface area contributed by atoms with Crippen LogP contribution in [0, 0.1) is 0 Å². The van der Waals surface area contributed by atoms with E-state index in [4.69, 9.17) is 0 Å². The molecule has 0 aliphatic heterocycles. The van der Waals surface area contributed by atoms with Crippen molar-refractivity contribution < 1.29 is 14.7 Å². The van der Waals surface area contributed by atoms with Crippen molar-refractivity contribution in [3.63, 3.8) is 0 Å². The van der Waals surface area contributed by atoms with Gasteiger partial charge in [-0.05, 0) is 36.1 Å².